The zero-order chi connectivity index (χ0) is 23.5. The SMILES string of the molecule is CN1C(=C2SC(=NCCc3ccccc3)N(CCc3ccccc3)C2=O)Sc2ccc(Cl)cc21. The van der Waals surface area contributed by atoms with Crippen molar-refractivity contribution >= 4 is 51.9 Å². The molecule has 0 spiro atoms. The fourth-order valence-corrected chi connectivity index (χ4v) is 6.50. The molecule has 1 fully saturated rings. The topological polar surface area (TPSA) is 35.9 Å². The van der Waals surface area contributed by atoms with Gasteiger partial charge in [-0.05, 0) is 53.9 Å². The van der Waals surface area contributed by atoms with Crippen LogP contribution in [-0.2, 0) is 17.6 Å². The molecule has 2 aliphatic heterocycles. The molecule has 1 amide bonds. The number of thioether (sulfide) groups is 2. The number of halogens is 1. The molecule has 7 heteroatoms. The van der Waals surface area contributed by atoms with E-state index in [2.05, 4.69) is 29.2 Å². The number of carbonyl (C=O) groups is 1. The summed E-state index contributed by atoms with van der Waals surface area (Å²) < 4.78 is 0. The van der Waals surface area contributed by atoms with Crippen molar-refractivity contribution < 1.29 is 4.79 Å². The molecule has 34 heavy (non-hydrogen) atoms. The van der Waals surface area contributed by atoms with Gasteiger partial charge in [0, 0.05) is 30.1 Å². The highest BCUT2D eigenvalue weighted by Gasteiger charge is 2.38. The quantitative estimate of drug-likeness (QED) is 0.360. The van der Waals surface area contributed by atoms with Crippen molar-refractivity contribution in [3.8, 4) is 0 Å². The first-order valence-corrected chi connectivity index (χ1v) is 13.2. The van der Waals surface area contributed by atoms with Crippen LogP contribution < -0.4 is 4.90 Å². The minimum Gasteiger partial charge on any atom is -0.337 e. The largest absolute Gasteiger partial charge is 0.337 e. The van der Waals surface area contributed by atoms with Crippen LogP contribution in [0.2, 0.25) is 5.02 Å². The van der Waals surface area contributed by atoms with Gasteiger partial charge in [-0.25, -0.2) is 0 Å². The van der Waals surface area contributed by atoms with Crippen molar-refractivity contribution in [2.45, 2.75) is 17.7 Å². The zero-order valence-electron chi connectivity index (χ0n) is 18.8. The molecule has 0 saturated carbocycles. The third-order valence-corrected chi connectivity index (χ3v) is 8.51. The van der Waals surface area contributed by atoms with E-state index in [4.69, 9.17) is 16.6 Å². The molecule has 3 aromatic rings. The number of nitrogens with zero attached hydrogens (tertiary/aromatic N) is 3. The second-order valence-corrected chi connectivity index (χ2v) is 10.5. The number of hydrogen-bond acceptors (Lipinski definition) is 5. The van der Waals surface area contributed by atoms with Gasteiger partial charge in [-0.1, -0.05) is 84.0 Å². The third kappa shape index (κ3) is 4.90. The number of carbonyl (C=O) groups excluding carboxylic acids is 1. The van der Waals surface area contributed by atoms with Gasteiger partial charge in [0.05, 0.1) is 10.7 Å². The summed E-state index contributed by atoms with van der Waals surface area (Å²) in [6.45, 7) is 1.24. The molecule has 5 rings (SSSR count). The number of fused-ring (bicyclic) bond motifs is 1. The second kappa shape index (κ2) is 10.3. The summed E-state index contributed by atoms with van der Waals surface area (Å²) in [5, 5.41) is 2.41. The maximum atomic E-state index is 13.6. The molecule has 172 valence electrons. The van der Waals surface area contributed by atoms with Crippen LogP contribution in [0.3, 0.4) is 0 Å². The first-order chi connectivity index (χ1) is 16.6. The molecular weight excluding hydrogens is 482 g/mol. The van der Waals surface area contributed by atoms with E-state index in [0.29, 0.717) is 18.1 Å². The fraction of sp³-hybridized carbons (Fsp3) is 0.185. The van der Waals surface area contributed by atoms with Crippen molar-refractivity contribution in [1.29, 1.82) is 0 Å². The van der Waals surface area contributed by atoms with Crippen LogP contribution in [0, 0.1) is 0 Å². The highest BCUT2D eigenvalue weighted by atomic mass is 35.5. The van der Waals surface area contributed by atoms with Gasteiger partial charge < -0.3 is 4.90 Å². The molecule has 0 unspecified atom stereocenters. The first-order valence-electron chi connectivity index (χ1n) is 11.2. The van der Waals surface area contributed by atoms with Crippen molar-refractivity contribution in [3.05, 3.63) is 105 Å². The smallest absolute Gasteiger partial charge is 0.269 e. The van der Waals surface area contributed by atoms with E-state index in [9.17, 15) is 4.79 Å². The first kappa shape index (κ1) is 23.1. The summed E-state index contributed by atoms with van der Waals surface area (Å²) >= 11 is 9.33. The Balaban J connectivity index is 1.41. The highest BCUT2D eigenvalue weighted by molar-refractivity contribution is 8.19. The van der Waals surface area contributed by atoms with Gasteiger partial charge in [0.25, 0.3) is 5.91 Å². The summed E-state index contributed by atoms with van der Waals surface area (Å²) in [5.41, 5.74) is 3.48. The summed E-state index contributed by atoms with van der Waals surface area (Å²) in [5.74, 6) is 0.0210. The number of anilines is 1. The van der Waals surface area contributed by atoms with E-state index < -0.39 is 0 Å². The van der Waals surface area contributed by atoms with Crippen molar-refractivity contribution in [3.63, 3.8) is 0 Å². The molecule has 0 aromatic heterocycles. The number of amides is 1. The van der Waals surface area contributed by atoms with Gasteiger partial charge in [0.15, 0.2) is 5.17 Å². The minimum atomic E-state index is 0.0210. The Bertz CT molecular complexity index is 1260. The Morgan fingerprint density at radius 3 is 2.26 bits per heavy atom. The van der Waals surface area contributed by atoms with E-state index in [1.165, 1.54) is 22.9 Å². The van der Waals surface area contributed by atoms with E-state index >= 15 is 0 Å². The predicted octanol–water partition coefficient (Wildman–Crippen LogP) is 6.47. The number of hydrogen-bond donors (Lipinski definition) is 0. The molecule has 2 heterocycles. The predicted molar refractivity (Wildman–Crippen MR) is 145 cm³/mol. The summed E-state index contributed by atoms with van der Waals surface area (Å²) in [6, 6.07) is 26.4. The molecule has 4 nitrogen and oxygen atoms in total. The lowest BCUT2D eigenvalue weighted by molar-refractivity contribution is -0.122. The number of aliphatic imine (C=N–C) groups is 1. The second-order valence-electron chi connectivity index (χ2n) is 8.10. The standard InChI is InChI=1S/C27H24ClN3OS2/c1-30-22-18-21(28)12-13-23(22)33-26(30)24-25(32)31(17-15-20-10-6-3-7-11-20)27(34-24)29-16-14-19-8-4-2-5-9-19/h2-13,18H,14-17H2,1H3. The normalized spacial score (nSPS) is 18.8. The molecule has 0 radical (unpaired) electrons. The monoisotopic (exact) mass is 505 g/mol. The number of rotatable bonds is 6. The van der Waals surface area contributed by atoms with Gasteiger partial charge in [-0.3, -0.25) is 14.7 Å². The Kier molecular flexibility index (Phi) is 6.99. The fourth-order valence-electron chi connectivity index (χ4n) is 3.98. The van der Waals surface area contributed by atoms with Crippen molar-refractivity contribution in [2.75, 3.05) is 25.0 Å². The molecule has 2 aliphatic rings. The van der Waals surface area contributed by atoms with Gasteiger partial charge >= 0.3 is 0 Å². The van der Waals surface area contributed by atoms with Gasteiger partial charge in [0.1, 0.15) is 4.91 Å². The number of amidine groups is 1. The van der Waals surface area contributed by atoms with Crippen LogP contribution >= 0.6 is 35.1 Å². The van der Waals surface area contributed by atoms with E-state index in [1.807, 2.05) is 66.5 Å². The molecule has 0 atom stereocenters. The van der Waals surface area contributed by atoms with Gasteiger partial charge in [-0.2, -0.15) is 0 Å². The molecule has 1 saturated heterocycles. The summed E-state index contributed by atoms with van der Waals surface area (Å²) in [4.78, 5) is 24.2. The van der Waals surface area contributed by atoms with Gasteiger partial charge in [0.2, 0.25) is 0 Å². The Morgan fingerprint density at radius 1 is 0.882 bits per heavy atom. The van der Waals surface area contributed by atoms with Crippen LogP contribution in [0.25, 0.3) is 0 Å². The molecular formula is C27H24ClN3OS2. The molecule has 0 N–H and O–H groups in total. The zero-order valence-corrected chi connectivity index (χ0v) is 21.2. The number of benzene rings is 3. The maximum Gasteiger partial charge on any atom is 0.269 e. The molecule has 0 aliphatic carbocycles. The average Bonchev–Trinajstić information content (AvgIpc) is 3.35. The van der Waals surface area contributed by atoms with Crippen LogP contribution in [-0.4, -0.2) is 36.1 Å². The maximum absolute atomic E-state index is 13.6. The lowest BCUT2D eigenvalue weighted by atomic mass is 10.1. The van der Waals surface area contributed by atoms with Crippen molar-refractivity contribution in [1.82, 2.24) is 4.90 Å². The van der Waals surface area contributed by atoms with Gasteiger partial charge in [-0.15, -0.1) is 0 Å². The highest BCUT2D eigenvalue weighted by Crippen LogP contribution is 2.50. The van der Waals surface area contributed by atoms with Crippen LogP contribution in [0.5, 0.6) is 0 Å². The molecule has 0 bridgehead atoms. The van der Waals surface area contributed by atoms with E-state index in [-0.39, 0.29) is 5.91 Å². The Labute approximate surface area is 213 Å². The average molecular weight is 506 g/mol. The third-order valence-electron chi connectivity index (χ3n) is 5.81. The van der Waals surface area contributed by atoms with Crippen LogP contribution in [0.4, 0.5) is 5.69 Å². The Hall–Kier alpha value is -2.67. The lowest BCUT2D eigenvalue weighted by Gasteiger charge is -2.17. The summed E-state index contributed by atoms with van der Waals surface area (Å²) in [7, 11) is 1.99. The van der Waals surface area contributed by atoms with E-state index in [0.717, 1.165) is 38.5 Å². The lowest BCUT2D eigenvalue weighted by Crippen LogP contribution is -2.32. The van der Waals surface area contributed by atoms with Crippen molar-refractivity contribution in [2.24, 2.45) is 4.99 Å². The van der Waals surface area contributed by atoms with Crippen LogP contribution in [0.15, 0.2) is 98.7 Å². The van der Waals surface area contributed by atoms with E-state index in [1.54, 1.807) is 11.8 Å². The molecule has 3 aromatic carbocycles. The summed E-state index contributed by atoms with van der Waals surface area (Å²) in [6.07, 6.45) is 1.63. The Morgan fingerprint density at radius 2 is 1.56 bits per heavy atom. The van der Waals surface area contributed by atoms with Crippen LogP contribution in [0.1, 0.15) is 11.1 Å². The minimum absolute atomic E-state index is 0.0210.